The van der Waals surface area contributed by atoms with Gasteiger partial charge in [-0.2, -0.15) is 0 Å². The molecule has 4 aromatic rings. The maximum Gasteiger partial charge on any atom is 0.258 e. The molecule has 2 heterocycles. The molecular weight excluding hydrogens is 400 g/mol. The summed E-state index contributed by atoms with van der Waals surface area (Å²) in [5.41, 5.74) is 3.02. The van der Waals surface area contributed by atoms with Gasteiger partial charge in [-0.25, -0.2) is 4.98 Å². The Balaban J connectivity index is 1.44. The third kappa shape index (κ3) is 3.64. The van der Waals surface area contributed by atoms with Crippen LogP contribution >= 0.6 is 0 Å². The van der Waals surface area contributed by atoms with E-state index in [1.54, 1.807) is 16.5 Å². The minimum Gasteiger partial charge on any atom is -0.359 e. The fourth-order valence-corrected chi connectivity index (χ4v) is 4.31. The van der Waals surface area contributed by atoms with E-state index in [2.05, 4.69) is 5.32 Å². The number of hydrogen-bond acceptors (Lipinski definition) is 4. The van der Waals surface area contributed by atoms with Gasteiger partial charge in [0.25, 0.3) is 11.5 Å². The summed E-state index contributed by atoms with van der Waals surface area (Å²) >= 11 is 0. The normalized spacial score (nSPS) is 13.1. The molecule has 1 amide bonds. The van der Waals surface area contributed by atoms with E-state index in [9.17, 15) is 9.59 Å². The molecule has 0 saturated heterocycles. The molecule has 6 nitrogen and oxygen atoms in total. The molecule has 0 unspecified atom stereocenters. The van der Waals surface area contributed by atoms with Crippen molar-refractivity contribution in [3.05, 3.63) is 106 Å². The van der Waals surface area contributed by atoms with Crippen molar-refractivity contribution < 1.29 is 4.79 Å². The fourth-order valence-electron chi connectivity index (χ4n) is 4.31. The lowest BCUT2D eigenvalue weighted by molar-refractivity contribution is 0.0731. The number of rotatable bonds is 4. The first-order chi connectivity index (χ1) is 15.6. The molecule has 32 heavy (non-hydrogen) atoms. The summed E-state index contributed by atoms with van der Waals surface area (Å²) in [7, 11) is 1.76. The van der Waals surface area contributed by atoms with Crippen molar-refractivity contribution in [3.63, 3.8) is 0 Å². The zero-order valence-corrected chi connectivity index (χ0v) is 17.9. The Morgan fingerprint density at radius 3 is 2.53 bits per heavy atom. The average Bonchev–Trinajstić information content (AvgIpc) is 2.85. The van der Waals surface area contributed by atoms with Crippen LogP contribution in [0.4, 0.5) is 5.95 Å². The highest BCUT2D eigenvalue weighted by atomic mass is 16.2. The van der Waals surface area contributed by atoms with E-state index in [-0.39, 0.29) is 11.5 Å². The van der Waals surface area contributed by atoms with Crippen LogP contribution in [-0.2, 0) is 19.5 Å². The summed E-state index contributed by atoms with van der Waals surface area (Å²) < 4.78 is 1.68. The van der Waals surface area contributed by atoms with Crippen LogP contribution in [-0.4, -0.2) is 34.0 Å². The average molecular weight is 425 g/mol. The molecule has 5 rings (SSSR count). The second kappa shape index (κ2) is 8.30. The quantitative estimate of drug-likeness (QED) is 0.543. The van der Waals surface area contributed by atoms with E-state index in [1.807, 2.05) is 72.8 Å². The van der Waals surface area contributed by atoms with Gasteiger partial charge in [-0.3, -0.25) is 14.2 Å². The molecule has 0 saturated carbocycles. The molecule has 6 heteroatoms. The highest BCUT2D eigenvalue weighted by Gasteiger charge is 2.26. The van der Waals surface area contributed by atoms with Crippen LogP contribution in [0.5, 0.6) is 0 Å². The number of hydrogen-bond donors (Lipinski definition) is 1. The van der Waals surface area contributed by atoms with Gasteiger partial charge in [0.05, 0.1) is 18.8 Å². The minimum absolute atomic E-state index is 0.0392. The highest BCUT2D eigenvalue weighted by molar-refractivity contribution is 5.98. The molecular formula is C26H24N4O2. The monoisotopic (exact) mass is 424 g/mol. The highest BCUT2D eigenvalue weighted by Crippen LogP contribution is 2.21. The summed E-state index contributed by atoms with van der Waals surface area (Å²) in [6.45, 7) is 1.28. The van der Waals surface area contributed by atoms with Gasteiger partial charge in [-0.1, -0.05) is 60.7 Å². The molecule has 0 fully saturated rings. The molecule has 3 aromatic carbocycles. The first-order valence-electron chi connectivity index (χ1n) is 10.8. The maximum atomic E-state index is 13.3. The summed E-state index contributed by atoms with van der Waals surface area (Å²) in [6.07, 6.45) is 0.499. The molecule has 160 valence electrons. The standard InChI is InChI=1S/C26H24N4O2/c1-27-26-28-23-17-29(24(31)21-12-11-19-9-5-6-10-20(19)15-21)14-13-22(23)25(32)30(26)16-18-7-3-2-4-8-18/h2-12,15H,13-14,16-17H2,1H3,(H,27,28). The van der Waals surface area contributed by atoms with Crippen LogP contribution in [0, 0.1) is 0 Å². The largest absolute Gasteiger partial charge is 0.359 e. The predicted octanol–water partition coefficient (Wildman–Crippen LogP) is 3.69. The second-order valence-electron chi connectivity index (χ2n) is 8.03. The molecule has 1 aliphatic rings. The van der Waals surface area contributed by atoms with Gasteiger partial charge in [0.2, 0.25) is 5.95 Å². The Morgan fingerprint density at radius 1 is 1.00 bits per heavy atom. The van der Waals surface area contributed by atoms with Gasteiger partial charge in [0.15, 0.2) is 0 Å². The molecule has 0 radical (unpaired) electrons. The smallest absolute Gasteiger partial charge is 0.258 e. The minimum atomic E-state index is -0.0407. The van der Waals surface area contributed by atoms with Crippen molar-refractivity contribution in [3.8, 4) is 0 Å². The second-order valence-corrected chi connectivity index (χ2v) is 8.03. The Labute approximate surface area is 186 Å². The molecule has 0 aliphatic carbocycles. The van der Waals surface area contributed by atoms with E-state index in [4.69, 9.17) is 4.98 Å². The Hall–Kier alpha value is -3.93. The summed E-state index contributed by atoms with van der Waals surface area (Å²) in [5.74, 6) is 0.472. The molecule has 0 spiro atoms. The van der Waals surface area contributed by atoms with E-state index < -0.39 is 0 Å². The topological polar surface area (TPSA) is 67.2 Å². The van der Waals surface area contributed by atoms with Gasteiger partial charge in [0, 0.05) is 24.7 Å². The van der Waals surface area contributed by atoms with E-state index in [1.165, 1.54) is 0 Å². The number of nitrogens with zero attached hydrogens (tertiary/aromatic N) is 3. The first-order valence-corrected chi connectivity index (χ1v) is 10.8. The lowest BCUT2D eigenvalue weighted by Crippen LogP contribution is -2.41. The SMILES string of the molecule is CNc1nc2c(c(=O)n1Cc1ccccc1)CCN(C(=O)c1ccc3ccccc3c1)C2. The first kappa shape index (κ1) is 20.0. The van der Waals surface area contributed by atoms with Crippen LogP contribution in [0.2, 0.25) is 0 Å². The lowest BCUT2D eigenvalue weighted by atomic mass is 10.0. The third-order valence-electron chi connectivity index (χ3n) is 6.01. The van der Waals surface area contributed by atoms with E-state index in [0.29, 0.717) is 48.8 Å². The van der Waals surface area contributed by atoms with Gasteiger partial charge in [-0.15, -0.1) is 0 Å². The number of aromatic nitrogens is 2. The Bertz CT molecular complexity index is 1360. The van der Waals surface area contributed by atoms with E-state index in [0.717, 1.165) is 16.3 Å². The van der Waals surface area contributed by atoms with Crippen LogP contribution < -0.4 is 10.9 Å². The van der Waals surface area contributed by atoms with Crippen molar-refractivity contribution >= 4 is 22.6 Å². The van der Waals surface area contributed by atoms with Crippen molar-refractivity contribution in [1.82, 2.24) is 14.5 Å². The zero-order valence-electron chi connectivity index (χ0n) is 17.9. The molecule has 1 aliphatic heterocycles. The number of carbonyl (C=O) groups excluding carboxylic acids is 1. The fraction of sp³-hybridized carbons (Fsp3) is 0.192. The van der Waals surface area contributed by atoms with Gasteiger partial charge in [0.1, 0.15) is 0 Å². The number of amides is 1. The predicted molar refractivity (Wildman–Crippen MR) is 126 cm³/mol. The van der Waals surface area contributed by atoms with Gasteiger partial charge < -0.3 is 10.2 Å². The summed E-state index contributed by atoms with van der Waals surface area (Å²) in [6, 6.07) is 23.6. The number of fused-ring (bicyclic) bond motifs is 2. The number of nitrogens with one attached hydrogen (secondary N) is 1. The van der Waals surface area contributed by atoms with Crippen LogP contribution in [0.15, 0.2) is 77.6 Å². The van der Waals surface area contributed by atoms with Crippen molar-refractivity contribution in [2.24, 2.45) is 0 Å². The molecule has 0 bridgehead atoms. The number of carbonyl (C=O) groups is 1. The van der Waals surface area contributed by atoms with Crippen molar-refractivity contribution in [2.45, 2.75) is 19.5 Å². The van der Waals surface area contributed by atoms with Crippen molar-refractivity contribution in [2.75, 3.05) is 18.9 Å². The number of benzene rings is 3. The Kier molecular flexibility index (Phi) is 5.19. The molecule has 0 atom stereocenters. The molecule has 1 N–H and O–H groups in total. The third-order valence-corrected chi connectivity index (χ3v) is 6.01. The zero-order chi connectivity index (χ0) is 22.1. The molecule has 1 aromatic heterocycles. The number of anilines is 1. The Morgan fingerprint density at radius 2 is 1.75 bits per heavy atom. The lowest BCUT2D eigenvalue weighted by Gasteiger charge is -2.29. The summed E-state index contributed by atoms with van der Waals surface area (Å²) in [5, 5.41) is 5.19. The van der Waals surface area contributed by atoms with Crippen LogP contribution in [0.25, 0.3) is 10.8 Å². The van der Waals surface area contributed by atoms with Crippen molar-refractivity contribution in [1.29, 1.82) is 0 Å². The van der Waals surface area contributed by atoms with E-state index >= 15 is 0 Å². The summed E-state index contributed by atoms with van der Waals surface area (Å²) in [4.78, 5) is 33.0. The van der Waals surface area contributed by atoms with Gasteiger partial charge in [-0.05, 0) is 34.9 Å². The van der Waals surface area contributed by atoms with Crippen LogP contribution in [0.1, 0.15) is 27.2 Å². The maximum absolute atomic E-state index is 13.3. The van der Waals surface area contributed by atoms with Crippen LogP contribution in [0.3, 0.4) is 0 Å². The van der Waals surface area contributed by atoms with Gasteiger partial charge >= 0.3 is 0 Å².